The zero-order chi connectivity index (χ0) is 20.4. The summed E-state index contributed by atoms with van der Waals surface area (Å²) in [5.74, 6) is 0.112. The van der Waals surface area contributed by atoms with Gasteiger partial charge in [0.2, 0.25) is 15.9 Å². The minimum atomic E-state index is -3.77. The molecule has 11 heteroatoms. The van der Waals surface area contributed by atoms with Crippen molar-refractivity contribution in [3.05, 3.63) is 54.7 Å². The molecule has 29 heavy (non-hydrogen) atoms. The van der Waals surface area contributed by atoms with Crippen LogP contribution in [-0.2, 0) is 14.8 Å². The van der Waals surface area contributed by atoms with Crippen molar-refractivity contribution in [3.8, 4) is 11.5 Å². The zero-order valence-electron chi connectivity index (χ0n) is 14.8. The molecule has 2 aromatic carbocycles. The molecule has 0 bridgehead atoms. The monoisotopic (exact) mass is 429 g/mol. The lowest BCUT2D eigenvalue weighted by Crippen LogP contribution is -2.15. The molecule has 9 nitrogen and oxygen atoms in total. The molecule has 0 aliphatic rings. The van der Waals surface area contributed by atoms with E-state index in [1.54, 1.807) is 6.20 Å². The number of primary sulfonamides is 1. The molecule has 0 atom stereocenters. The first kappa shape index (κ1) is 19.2. The number of amides is 1. The highest BCUT2D eigenvalue weighted by Crippen LogP contribution is 2.29. The second-order valence-electron chi connectivity index (χ2n) is 6.03. The second-order valence-corrected chi connectivity index (χ2v) is 8.52. The Balaban J connectivity index is 1.38. The van der Waals surface area contributed by atoms with Gasteiger partial charge in [-0.05, 0) is 30.3 Å². The van der Waals surface area contributed by atoms with Crippen LogP contribution < -0.4 is 10.5 Å². The smallest absolute Gasteiger partial charge is 0.277 e. The maximum Gasteiger partial charge on any atom is 0.277 e. The van der Waals surface area contributed by atoms with E-state index in [1.165, 1.54) is 24.3 Å². The topological polar surface area (TPSA) is 144 Å². The largest absolute Gasteiger partial charge is 0.411 e. The molecule has 2 heterocycles. The van der Waals surface area contributed by atoms with E-state index in [9.17, 15) is 13.2 Å². The first-order valence-corrected chi connectivity index (χ1v) is 10.9. The number of hydrogen-bond acceptors (Lipinski definition) is 7. The number of para-hydroxylation sites is 1. The summed E-state index contributed by atoms with van der Waals surface area (Å²) in [5.41, 5.74) is 2.20. The number of benzene rings is 2. The number of fused-ring (bicyclic) bond motifs is 1. The number of nitrogens with two attached hydrogens (primary N) is 1. The highest BCUT2D eigenvalue weighted by Gasteiger charge is 2.15. The van der Waals surface area contributed by atoms with Gasteiger partial charge in [0.15, 0.2) is 0 Å². The van der Waals surface area contributed by atoms with Crippen molar-refractivity contribution in [1.29, 1.82) is 0 Å². The lowest BCUT2D eigenvalue weighted by Gasteiger charge is -2.05. The average molecular weight is 429 g/mol. The molecule has 1 amide bonds. The molecule has 4 aromatic rings. The SMILES string of the molecule is NS(=O)(=O)c1ccc(NC(=O)CSc2nnc(-c3c[nH]c4ccccc34)o2)cc1. The van der Waals surface area contributed by atoms with Crippen LogP contribution in [0.4, 0.5) is 5.69 Å². The van der Waals surface area contributed by atoms with Gasteiger partial charge in [-0.15, -0.1) is 10.2 Å². The number of rotatable bonds is 6. The van der Waals surface area contributed by atoms with Crippen LogP contribution >= 0.6 is 11.8 Å². The normalized spacial score (nSPS) is 11.6. The molecule has 4 rings (SSSR count). The first-order valence-electron chi connectivity index (χ1n) is 8.36. The summed E-state index contributed by atoms with van der Waals surface area (Å²) in [5, 5.41) is 17.0. The Kier molecular flexibility index (Phi) is 5.09. The Morgan fingerprint density at radius 2 is 1.90 bits per heavy atom. The number of nitrogens with one attached hydrogen (secondary N) is 2. The maximum atomic E-state index is 12.1. The number of aromatic amines is 1. The first-order chi connectivity index (χ1) is 13.9. The highest BCUT2D eigenvalue weighted by atomic mass is 32.2. The van der Waals surface area contributed by atoms with Crippen LogP contribution in [-0.4, -0.2) is 35.3 Å². The molecule has 0 radical (unpaired) electrons. The molecule has 0 unspecified atom stereocenters. The van der Waals surface area contributed by atoms with Crippen molar-refractivity contribution in [3.63, 3.8) is 0 Å². The molecule has 0 fully saturated rings. The molecule has 0 saturated heterocycles. The summed E-state index contributed by atoms with van der Waals surface area (Å²) in [6.07, 6.45) is 1.80. The van der Waals surface area contributed by atoms with Crippen LogP contribution in [0, 0.1) is 0 Å². The number of nitrogens with zero attached hydrogens (tertiary/aromatic N) is 2. The molecule has 0 aliphatic heterocycles. The lowest BCUT2D eigenvalue weighted by atomic mass is 10.2. The van der Waals surface area contributed by atoms with Crippen molar-refractivity contribution in [2.24, 2.45) is 5.14 Å². The van der Waals surface area contributed by atoms with E-state index in [0.29, 0.717) is 11.6 Å². The summed E-state index contributed by atoms with van der Waals surface area (Å²) < 4.78 is 28.1. The molecule has 0 aliphatic carbocycles. The fraction of sp³-hybridized carbons (Fsp3) is 0.0556. The van der Waals surface area contributed by atoms with E-state index in [4.69, 9.17) is 9.56 Å². The molecule has 0 saturated carbocycles. The second kappa shape index (κ2) is 7.70. The molecule has 2 aromatic heterocycles. The molecular weight excluding hydrogens is 414 g/mol. The minimum absolute atomic E-state index is 0.0273. The van der Waals surface area contributed by atoms with Crippen LogP contribution in [0.3, 0.4) is 0 Å². The minimum Gasteiger partial charge on any atom is -0.411 e. The summed E-state index contributed by atoms with van der Waals surface area (Å²) >= 11 is 1.10. The third-order valence-corrected chi connectivity index (χ3v) is 5.77. The average Bonchev–Trinajstić information content (AvgIpc) is 3.33. The van der Waals surface area contributed by atoms with Crippen molar-refractivity contribution in [2.45, 2.75) is 10.1 Å². The van der Waals surface area contributed by atoms with Gasteiger partial charge in [-0.2, -0.15) is 0 Å². The number of thioether (sulfide) groups is 1. The zero-order valence-corrected chi connectivity index (χ0v) is 16.5. The van der Waals surface area contributed by atoms with Gasteiger partial charge in [0.1, 0.15) is 0 Å². The summed E-state index contributed by atoms with van der Waals surface area (Å²) in [6.45, 7) is 0. The van der Waals surface area contributed by atoms with Gasteiger partial charge in [0, 0.05) is 22.8 Å². The van der Waals surface area contributed by atoms with Crippen LogP contribution in [0.5, 0.6) is 0 Å². The number of hydrogen-bond donors (Lipinski definition) is 3. The number of anilines is 1. The predicted octanol–water partition coefficient (Wildman–Crippen LogP) is 2.60. The van der Waals surface area contributed by atoms with Crippen molar-refractivity contribution in [1.82, 2.24) is 15.2 Å². The molecular formula is C18H15N5O4S2. The van der Waals surface area contributed by atoms with Crippen molar-refractivity contribution < 1.29 is 17.6 Å². The van der Waals surface area contributed by atoms with Gasteiger partial charge >= 0.3 is 0 Å². The van der Waals surface area contributed by atoms with Crippen LogP contribution in [0.1, 0.15) is 0 Å². The van der Waals surface area contributed by atoms with E-state index < -0.39 is 10.0 Å². The van der Waals surface area contributed by atoms with Crippen molar-refractivity contribution in [2.75, 3.05) is 11.1 Å². The molecule has 0 spiro atoms. The Labute approximate surface area is 169 Å². The van der Waals surface area contributed by atoms with Crippen LogP contribution in [0.25, 0.3) is 22.4 Å². The summed E-state index contributed by atoms with van der Waals surface area (Å²) in [7, 11) is -3.77. The number of carbonyl (C=O) groups excluding carboxylic acids is 1. The fourth-order valence-electron chi connectivity index (χ4n) is 2.68. The number of aromatic nitrogens is 3. The van der Waals surface area contributed by atoms with Gasteiger partial charge in [0.25, 0.3) is 11.1 Å². The number of carbonyl (C=O) groups is 1. The molecule has 148 valence electrons. The lowest BCUT2D eigenvalue weighted by molar-refractivity contribution is -0.113. The molecule has 4 N–H and O–H groups in total. The van der Waals surface area contributed by atoms with Crippen molar-refractivity contribution >= 4 is 44.3 Å². The van der Waals surface area contributed by atoms with Gasteiger partial charge in [-0.25, -0.2) is 13.6 Å². The van der Waals surface area contributed by atoms with Gasteiger partial charge in [-0.1, -0.05) is 30.0 Å². The van der Waals surface area contributed by atoms with Gasteiger partial charge in [0.05, 0.1) is 16.2 Å². The third-order valence-electron chi connectivity index (χ3n) is 4.02. The summed E-state index contributed by atoms with van der Waals surface area (Å²) in [6, 6.07) is 13.3. The fourth-order valence-corrected chi connectivity index (χ4v) is 3.76. The highest BCUT2D eigenvalue weighted by molar-refractivity contribution is 7.99. The van der Waals surface area contributed by atoms with E-state index in [2.05, 4.69) is 20.5 Å². The van der Waals surface area contributed by atoms with Gasteiger partial charge < -0.3 is 14.7 Å². The van der Waals surface area contributed by atoms with Gasteiger partial charge in [-0.3, -0.25) is 4.79 Å². The third kappa shape index (κ3) is 4.31. The van der Waals surface area contributed by atoms with E-state index in [1.807, 2.05) is 24.3 Å². The Morgan fingerprint density at radius 1 is 1.14 bits per heavy atom. The Bertz CT molecular complexity index is 1280. The van der Waals surface area contributed by atoms with Crippen LogP contribution in [0.15, 0.2) is 69.3 Å². The van der Waals surface area contributed by atoms with E-state index in [-0.39, 0.29) is 21.8 Å². The Hall–Kier alpha value is -3.15. The maximum absolute atomic E-state index is 12.1. The Morgan fingerprint density at radius 3 is 2.66 bits per heavy atom. The quantitative estimate of drug-likeness (QED) is 0.400. The van der Waals surface area contributed by atoms with E-state index in [0.717, 1.165) is 28.2 Å². The number of H-pyrrole nitrogens is 1. The van der Waals surface area contributed by atoms with Crippen LogP contribution in [0.2, 0.25) is 0 Å². The number of sulfonamides is 1. The van der Waals surface area contributed by atoms with E-state index >= 15 is 0 Å². The predicted molar refractivity (Wildman–Crippen MR) is 109 cm³/mol. The summed E-state index contributed by atoms with van der Waals surface area (Å²) in [4.78, 5) is 15.2. The standard InChI is InChI=1S/C18H15N5O4S2/c19-29(25,26)12-7-5-11(6-8-12)21-16(24)10-28-18-23-22-17(27-18)14-9-20-15-4-2-1-3-13(14)15/h1-9,20H,10H2,(H,21,24)(H2,19,25,26).